The van der Waals surface area contributed by atoms with Crippen LogP contribution in [-0.4, -0.2) is 47.1 Å². The van der Waals surface area contributed by atoms with E-state index in [0.29, 0.717) is 6.54 Å². The van der Waals surface area contributed by atoms with Crippen LogP contribution in [0, 0.1) is 0 Å². The minimum Gasteiger partial charge on any atom is -0.379 e. The molecule has 0 atom stereocenters. The first kappa shape index (κ1) is 19.2. The van der Waals surface area contributed by atoms with Crippen molar-refractivity contribution in [3.63, 3.8) is 0 Å². The maximum atomic E-state index is 12.2. The number of aromatic amines is 1. The van der Waals surface area contributed by atoms with Gasteiger partial charge in [0.2, 0.25) is 0 Å². The van der Waals surface area contributed by atoms with E-state index in [-0.39, 0.29) is 5.91 Å². The van der Waals surface area contributed by atoms with E-state index in [1.807, 2.05) is 18.3 Å². The van der Waals surface area contributed by atoms with Gasteiger partial charge in [0.25, 0.3) is 5.91 Å². The maximum Gasteiger partial charge on any atom is 0.254 e. The minimum atomic E-state index is -0.0265. The number of amides is 1. The first-order valence-corrected chi connectivity index (χ1v) is 11.0. The van der Waals surface area contributed by atoms with Gasteiger partial charge in [0.1, 0.15) is 0 Å². The van der Waals surface area contributed by atoms with Gasteiger partial charge in [-0.1, -0.05) is 42.5 Å². The molecule has 2 aromatic heterocycles. The van der Waals surface area contributed by atoms with E-state index >= 15 is 0 Å². The van der Waals surface area contributed by atoms with Crippen molar-refractivity contribution in [2.75, 3.05) is 26.3 Å². The SMILES string of the molecule is O=C1NCc2nc3c(ccc4c[nH]c(/C=C/c5cccc(CN6CCOCC6)c5)cc43)c21. The lowest BCUT2D eigenvalue weighted by Gasteiger charge is -2.26. The number of hydrogen-bond donors (Lipinski definition) is 2. The zero-order valence-corrected chi connectivity index (χ0v) is 17.7. The molecule has 2 aliphatic rings. The molecule has 1 fully saturated rings. The van der Waals surface area contributed by atoms with Gasteiger partial charge < -0.3 is 15.0 Å². The Labute approximate surface area is 185 Å². The van der Waals surface area contributed by atoms with Crippen LogP contribution in [0.1, 0.15) is 32.9 Å². The van der Waals surface area contributed by atoms with Crippen LogP contribution < -0.4 is 5.32 Å². The number of aromatic nitrogens is 2. The molecule has 1 saturated heterocycles. The molecule has 4 heterocycles. The number of nitrogens with one attached hydrogen (secondary N) is 2. The van der Waals surface area contributed by atoms with E-state index in [0.717, 1.165) is 71.5 Å². The summed E-state index contributed by atoms with van der Waals surface area (Å²) in [6.45, 7) is 5.07. The molecule has 1 amide bonds. The van der Waals surface area contributed by atoms with E-state index < -0.39 is 0 Å². The first-order valence-electron chi connectivity index (χ1n) is 11.0. The third-order valence-electron chi connectivity index (χ3n) is 6.31. The Morgan fingerprint density at radius 3 is 2.88 bits per heavy atom. The highest BCUT2D eigenvalue weighted by Crippen LogP contribution is 2.31. The Morgan fingerprint density at radius 2 is 1.97 bits per heavy atom. The van der Waals surface area contributed by atoms with Gasteiger partial charge in [0.05, 0.1) is 36.5 Å². The second-order valence-electron chi connectivity index (χ2n) is 8.44. The van der Waals surface area contributed by atoms with E-state index in [4.69, 9.17) is 9.72 Å². The third kappa shape index (κ3) is 3.47. The summed E-state index contributed by atoms with van der Waals surface area (Å²) >= 11 is 0. The topological polar surface area (TPSA) is 70.2 Å². The smallest absolute Gasteiger partial charge is 0.254 e. The standard InChI is InChI=1S/C26H24N4O2/c31-26-24-21-7-5-19-14-27-20(13-22(19)25(21)29-23(24)15-28-26)6-4-17-2-1-3-18(12-17)16-30-8-10-32-11-9-30/h1-7,12-14,27H,8-11,15-16H2,(H,28,31)/b6-4+. The van der Waals surface area contributed by atoms with Crippen molar-refractivity contribution in [1.82, 2.24) is 20.2 Å². The summed E-state index contributed by atoms with van der Waals surface area (Å²) in [6, 6.07) is 14.8. The monoisotopic (exact) mass is 424 g/mol. The number of hydrogen-bond acceptors (Lipinski definition) is 4. The molecule has 160 valence electrons. The molecule has 6 nitrogen and oxygen atoms in total. The lowest BCUT2D eigenvalue weighted by atomic mass is 10.1. The molecule has 0 aliphatic carbocycles. The number of carbonyl (C=O) groups is 1. The van der Waals surface area contributed by atoms with Gasteiger partial charge in [-0.15, -0.1) is 0 Å². The second kappa shape index (κ2) is 7.89. The van der Waals surface area contributed by atoms with Gasteiger partial charge in [0.15, 0.2) is 0 Å². The van der Waals surface area contributed by atoms with E-state index in [2.05, 4.69) is 57.7 Å². The molecule has 0 radical (unpaired) electrons. The molecule has 6 rings (SSSR count). The Balaban J connectivity index is 1.29. The Kier molecular flexibility index (Phi) is 4.74. The summed E-state index contributed by atoms with van der Waals surface area (Å²) in [5.41, 5.74) is 5.95. The predicted octanol–water partition coefficient (Wildman–Crippen LogP) is 3.96. The molecule has 4 aromatic rings. The fourth-order valence-corrected chi connectivity index (χ4v) is 4.66. The van der Waals surface area contributed by atoms with E-state index in [1.54, 1.807) is 0 Å². The second-order valence-corrected chi connectivity index (χ2v) is 8.44. The lowest BCUT2D eigenvalue weighted by molar-refractivity contribution is 0.0342. The number of benzene rings is 2. The highest BCUT2D eigenvalue weighted by molar-refractivity contribution is 6.16. The average molecular weight is 425 g/mol. The molecule has 0 bridgehead atoms. The fraction of sp³-hybridized carbons (Fsp3) is 0.231. The number of pyridine rings is 1. The molecular weight excluding hydrogens is 400 g/mol. The van der Waals surface area contributed by atoms with Gasteiger partial charge in [-0.05, 0) is 28.7 Å². The highest BCUT2D eigenvalue weighted by atomic mass is 16.5. The maximum absolute atomic E-state index is 12.2. The van der Waals surface area contributed by atoms with Crippen LogP contribution in [0.2, 0.25) is 0 Å². The van der Waals surface area contributed by atoms with Crippen molar-refractivity contribution >= 4 is 39.7 Å². The largest absolute Gasteiger partial charge is 0.379 e. The van der Waals surface area contributed by atoms with Gasteiger partial charge in [-0.2, -0.15) is 0 Å². The molecule has 2 aromatic carbocycles. The predicted molar refractivity (Wildman–Crippen MR) is 126 cm³/mol. The van der Waals surface area contributed by atoms with Crippen LogP contribution in [0.4, 0.5) is 0 Å². The normalized spacial score (nSPS) is 16.8. The van der Waals surface area contributed by atoms with Crippen molar-refractivity contribution < 1.29 is 9.53 Å². The lowest BCUT2D eigenvalue weighted by Crippen LogP contribution is -2.35. The van der Waals surface area contributed by atoms with Crippen LogP contribution in [0.25, 0.3) is 33.8 Å². The molecule has 0 unspecified atom stereocenters. The summed E-state index contributed by atoms with van der Waals surface area (Å²) in [5, 5.41) is 5.93. The van der Waals surface area contributed by atoms with Crippen LogP contribution in [0.3, 0.4) is 0 Å². The summed E-state index contributed by atoms with van der Waals surface area (Å²) in [5.74, 6) is -0.0265. The number of nitrogens with zero attached hydrogens (tertiary/aromatic N) is 2. The fourth-order valence-electron chi connectivity index (χ4n) is 4.66. The van der Waals surface area contributed by atoms with E-state index in [9.17, 15) is 4.79 Å². The van der Waals surface area contributed by atoms with Crippen LogP contribution in [0.15, 0.2) is 48.7 Å². The molecule has 6 heteroatoms. The number of H-pyrrole nitrogens is 1. The number of fused-ring (bicyclic) bond motifs is 5. The minimum absolute atomic E-state index is 0.0265. The average Bonchev–Trinajstić information content (AvgIpc) is 3.38. The number of carbonyl (C=O) groups excluding carboxylic acids is 1. The van der Waals surface area contributed by atoms with Gasteiger partial charge in [-0.25, -0.2) is 4.98 Å². The number of ether oxygens (including phenoxy) is 1. The van der Waals surface area contributed by atoms with Crippen LogP contribution >= 0.6 is 0 Å². The summed E-state index contributed by atoms with van der Waals surface area (Å²) < 4.78 is 5.45. The van der Waals surface area contributed by atoms with Crippen molar-refractivity contribution in [1.29, 1.82) is 0 Å². The summed E-state index contributed by atoms with van der Waals surface area (Å²) in [4.78, 5) is 22.7. The molecule has 0 spiro atoms. The Hall–Kier alpha value is -3.48. The van der Waals surface area contributed by atoms with Crippen molar-refractivity contribution in [3.8, 4) is 0 Å². The molecule has 2 aliphatic heterocycles. The first-order chi connectivity index (χ1) is 15.7. The molecule has 2 N–H and O–H groups in total. The molecule has 0 saturated carbocycles. The summed E-state index contributed by atoms with van der Waals surface area (Å²) in [7, 11) is 0. The van der Waals surface area contributed by atoms with E-state index in [1.165, 1.54) is 11.1 Å². The van der Waals surface area contributed by atoms with Gasteiger partial charge in [-0.3, -0.25) is 9.69 Å². The Morgan fingerprint density at radius 1 is 1.06 bits per heavy atom. The quantitative estimate of drug-likeness (QED) is 0.520. The van der Waals surface area contributed by atoms with Crippen LogP contribution in [-0.2, 0) is 17.8 Å². The van der Waals surface area contributed by atoms with Crippen molar-refractivity contribution in [2.24, 2.45) is 0 Å². The number of rotatable bonds is 4. The van der Waals surface area contributed by atoms with Crippen molar-refractivity contribution in [3.05, 3.63) is 76.7 Å². The molecule has 32 heavy (non-hydrogen) atoms. The highest BCUT2D eigenvalue weighted by Gasteiger charge is 2.25. The number of morpholine rings is 1. The zero-order valence-electron chi connectivity index (χ0n) is 17.7. The molecular formula is C26H24N4O2. The van der Waals surface area contributed by atoms with Crippen LogP contribution in [0.5, 0.6) is 0 Å². The Bertz CT molecular complexity index is 1370. The zero-order chi connectivity index (χ0) is 21.5. The van der Waals surface area contributed by atoms with Crippen molar-refractivity contribution in [2.45, 2.75) is 13.1 Å². The summed E-state index contributed by atoms with van der Waals surface area (Å²) in [6.07, 6.45) is 6.23. The third-order valence-corrected chi connectivity index (χ3v) is 6.31. The van der Waals surface area contributed by atoms with Gasteiger partial charge >= 0.3 is 0 Å². The van der Waals surface area contributed by atoms with Gasteiger partial charge in [0, 0.05) is 42.3 Å².